The van der Waals surface area contributed by atoms with E-state index in [1.165, 1.54) is 218 Å². The summed E-state index contributed by atoms with van der Waals surface area (Å²) in [6.45, 7) is 6.62. The third kappa shape index (κ3) is 59.9. The molecule has 0 heterocycles. The van der Waals surface area contributed by atoms with E-state index in [0.717, 1.165) is 70.6 Å². The molecule has 1 unspecified atom stereocenters. The van der Waals surface area contributed by atoms with E-state index in [2.05, 4.69) is 81.5 Å². The highest BCUT2D eigenvalue weighted by atomic mass is 16.6. The molecule has 0 N–H and O–H groups in total. The molecule has 0 aromatic carbocycles. The lowest BCUT2D eigenvalue weighted by atomic mass is 10.1. The summed E-state index contributed by atoms with van der Waals surface area (Å²) < 4.78 is 16.9. The smallest absolute Gasteiger partial charge is 0.306 e. The fraction of sp³-hybridized carbons (Fsp3) is 0.806. The van der Waals surface area contributed by atoms with Crippen LogP contribution in [-0.4, -0.2) is 37.2 Å². The maximum absolute atomic E-state index is 12.9. The molecule has 0 aliphatic carbocycles. The van der Waals surface area contributed by atoms with Gasteiger partial charge in [-0.2, -0.15) is 0 Å². The van der Waals surface area contributed by atoms with Crippen molar-refractivity contribution in [1.82, 2.24) is 0 Å². The van der Waals surface area contributed by atoms with Gasteiger partial charge in [0.25, 0.3) is 0 Å². The molecule has 424 valence electrons. The zero-order valence-corrected chi connectivity index (χ0v) is 48.7. The molecule has 6 nitrogen and oxygen atoms in total. The van der Waals surface area contributed by atoms with Crippen LogP contribution < -0.4 is 0 Å². The molecule has 6 heteroatoms. The van der Waals surface area contributed by atoms with Gasteiger partial charge in [0, 0.05) is 19.3 Å². The second kappa shape index (κ2) is 61.7. The van der Waals surface area contributed by atoms with Gasteiger partial charge in [-0.25, -0.2) is 0 Å². The van der Waals surface area contributed by atoms with E-state index in [9.17, 15) is 14.4 Å². The molecule has 73 heavy (non-hydrogen) atoms. The monoisotopic (exact) mass is 1020 g/mol. The Labute approximate surface area is 453 Å². The van der Waals surface area contributed by atoms with E-state index in [1.807, 2.05) is 0 Å². The normalized spacial score (nSPS) is 12.4. The Hall–Kier alpha value is -2.89. The summed E-state index contributed by atoms with van der Waals surface area (Å²) in [5.41, 5.74) is 0. The summed E-state index contributed by atoms with van der Waals surface area (Å²) in [5.74, 6) is -0.873. The lowest BCUT2D eigenvalue weighted by Crippen LogP contribution is -2.30. The molecular formula is C67H120O6. The average Bonchev–Trinajstić information content (AvgIpc) is 3.39. The second-order valence-electron chi connectivity index (χ2n) is 21.3. The highest BCUT2D eigenvalue weighted by Crippen LogP contribution is 2.16. The zero-order valence-electron chi connectivity index (χ0n) is 48.7. The first kappa shape index (κ1) is 70.1. The summed E-state index contributed by atoms with van der Waals surface area (Å²) in [6, 6.07) is 0. The van der Waals surface area contributed by atoms with E-state index in [0.29, 0.717) is 19.3 Å². The predicted octanol–water partition coefficient (Wildman–Crippen LogP) is 21.6. The summed E-state index contributed by atoms with van der Waals surface area (Å²) >= 11 is 0. The van der Waals surface area contributed by atoms with Crippen molar-refractivity contribution in [2.45, 2.75) is 335 Å². The van der Waals surface area contributed by atoms with Gasteiger partial charge in [0.15, 0.2) is 6.10 Å². The van der Waals surface area contributed by atoms with E-state index in [-0.39, 0.29) is 31.1 Å². The van der Waals surface area contributed by atoms with Crippen LogP contribution in [0.1, 0.15) is 329 Å². The molecule has 0 aliphatic rings. The van der Waals surface area contributed by atoms with Crippen LogP contribution in [0.25, 0.3) is 0 Å². The molecular weight excluding hydrogens is 901 g/mol. The van der Waals surface area contributed by atoms with Crippen LogP contribution >= 0.6 is 0 Å². The van der Waals surface area contributed by atoms with Crippen LogP contribution in [0.15, 0.2) is 60.8 Å². The molecule has 0 radical (unpaired) electrons. The summed E-state index contributed by atoms with van der Waals surface area (Å²) in [6.07, 6.45) is 77.8. The topological polar surface area (TPSA) is 78.9 Å². The first-order chi connectivity index (χ1) is 36.0. The standard InChI is InChI=1S/C67H120O6/c1-4-7-10-13-16-19-22-25-28-31-33-36-39-42-45-48-51-54-57-60-66(69)72-63-64(62-71-65(68)59-56-53-50-47-44-41-38-35-30-27-24-21-18-15-12-9-6-3)73-67(70)61-58-55-52-49-46-43-40-37-34-32-29-26-23-20-17-14-11-8-5-2/h16-17,19-20,25-30,64H,4-15,18,21-24,31-63H2,1-3H3/b19-16-,20-17-,28-25-,29-26-,30-27-. The number of esters is 3. The fourth-order valence-electron chi connectivity index (χ4n) is 9.15. The molecule has 0 spiro atoms. The maximum Gasteiger partial charge on any atom is 0.306 e. The minimum atomic E-state index is -0.781. The molecule has 0 amide bonds. The number of allylic oxidation sites excluding steroid dienone is 10. The average molecular weight is 1020 g/mol. The van der Waals surface area contributed by atoms with Crippen LogP contribution in [0.2, 0.25) is 0 Å². The van der Waals surface area contributed by atoms with E-state index in [4.69, 9.17) is 14.2 Å². The van der Waals surface area contributed by atoms with Gasteiger partial charge in [-0.15, -0.1) is 0 Å². The molecule has 0 bridgehead atoms. The number of ether oxygens (including phenoxy) is 3. The Balaban J connectivity index is 4.38. The Morgan fingerprint density at radius 1 is 0.274 bits per heavy atom. The molecule has 0 aliphatic heterocycles. The van der Waals surface area contributed by atoms with Crippen LogP contribution in [0.5, 0.6) is 0 Å². The lowest BCUT2D eigenvalue weighted by molar-refractivity contribution is -0.167. The quantitative estimate of drug-likeness (QED) is 0.0261. The molecule has 0 rings (SSSR count). The number of hydrogen-bond acceptors (Lipinski definition) is 6. The van der Waals surface area contributed by atoms with Crippen molar-refractivity contribution in [2.75, 3.05) is 13.2 Å². The Morgan fingerprint density at radius 2 is 0.493 bits per heavy atom. The van der Waals surface area contributed by atoms with Crippen molar-refractivity contribution in [3.05, 3.63) is 60.8 Å². The van der Waals surface area contributed by atoms with E-state index >= 15 is 0 Å². The molecule has 0 aromatic heterocycles. The number of carbonyl (C=O) groups is 3. The van der Waals surface area contributed by atoms with Crippen molar-refractivity contribution in [1.29, 1.82) is 0 Å². The highest BCUT2D eigenvalue weighted by Gasteiger charge is 2.19. The first-order valence-electron chi connectivity index (χ1n) is 31.8. The summed E-state index contributed by atoms with van der Waals surface area (Å²) in [4.78, 5) is 38.3. The minimum Gasteiger partial charge on any atom is -0.462 e. The zero-order chi connectivity index (χ0) is 52.9. The van der Waals surface area contributed by atoms with Crippen LogP contribution in [0.4, 0.5) is 0 Å². The van der Waals surface area contributed by atoms with E-state index in [1.54, 1.807) is 0 Å². The van der Waals surface area contributed by atoms with Gasteiger partial charge in [-0.05, 0) is 109 Å². The number of rotatable bonds is 58. The summed E-state index contributed by atoms with van der Waals surface area (Å²) in [5, 5.41) is 0. The number of hydrogen-bond donors (Lipinski definition) is 0. The van der Waals surface area contributed by atoms with Gasteiger partial charge < -0.3 is 14.2 Å². The molecule has 0 saturated heterocycles. The van der Waals surface area contributed by atoms with Crippen LogP contribution in [0, 0.1) is 0 Å². The van der Waals surface area contributed by atoms with Crippen LogP contribution in [0.3, 0.4) is 0 Å². The van der Waals surface area contributed by atoms with Crippen molar-refractivity contribution in [2.24, 2.45) is 0 Å². The third-order valence-electron chi connectivity index (χ3n) is 14.0. The molecule has 0 aromatic rings. The summed E-state index contributed by atoms with van der Waals surface area (Å²) in [7, 11) is 0. The molecule has 1 atom stereocenters. The van der Waals surface area contributed by atoms with Crippen molar-refractivity contribution >= 4 is 17.9 Å². The van der Waals surface area contributed by atoms with Gasteiger partial charge in [-0.3, -0.25) is 14.4 Å². The van der Waals surface area contributed by atoms with Crippen molar-refractivity contribution in [3.63, 3.8) is 0 Å². The van der Waals surface area contributed by atoms with E-state index < -0.39 is 6.10 Å². The predicted molar refractivity (Wildman–Crippen MR) is 316 cm³/mol. The Morgan fingerprint density at radius 3 is 0.795 bits per heavy atom. The SMILES string of the molecule is CCCCC/C=C\C/C=C\CCCCCCCCCCCC(=O)OCC(COC(=O)CCCCCCCCC/C=C\CCCCCCCC)OC(=O)CCCCCCCCCCC/C=C\C/C=C\CCCCC. The molecule has 0 fully saturated rings. The highest BCUT2D eigenvalue weighted by molar-refractivity contribution is 5.71. The first-order valence-corrected chi connectivity index (χ1v) is 31.8. The Kier molecular flexibility index (Phi) is 59.2. The second-order valence-corrected chi connectivity index (χ2v) is 21.3. The Bertz CT molecular complexity index is 1310. The van der Waals surface area contributed by atoms with Gasteiger partial charge in [0.2, 0.25) is 0 Å². The largest absolute Gasteiger partial charge is 0.462 e. The minimum absolute atomic E-state index is 0.0777. The third-order valence-corrected chi connectivity index (χ3v) is 14.0. The van der Waals surface area contributed by atoms with Gasteiger partial charge in [0.1, 0.15) is 13.2 Å². The van der Waals surface area contributed by atoms with Crippen molar-refractivity contribution < 1.29 is 28.6 Å². The maximum atomic E-state index is 12.9. The van der Waals surface area contributed by atoms with Crippen molar-refractivity contribution in [3.8, 4) is 0 Å². The van der Waals surface area contributed by atoms with Gasteiger partial charge in [-0.1, -0.05) is 261 Å². The van der Waals surface area contributed by atoms with Gasteiger partial charge >= 0.3 is 17.9 Å². The molecule has 0 saturated carbocycles. The van der Waals surface area contributed by atoms with Crippen LogP contribution in [-0.2, 0) is 28.6 Å². The van der Waals surface area contributed by atoms with Gasteiger partial charge in [0.05, 0.1) is 0 Å². The number of unbranched alkanes of at least 4 members (excludes halogenated alkanes) is 37. The lowest BCUT2D eigenvalue weighted by Gasteiger charge is -2.18. The number of carbonyl (C=O) groups excluding carboxylic acids is 3. The fourth-order valence-corrected chi connectivity index (χ4v) is 9.15.